The van der Waals surface area contributed by atoms with Gasteiger partial charge in [0, 0.05) is 23.5 Å². The molecule has 2 nitrogen and oxygen atoms in total. The van der Waals surface area contributed by atoms with Crippen LogP contribution in [0.25, 0.3) is 0 Å². The smallest absolute Gasteiger partial charge is 0.0583 e. The number of likely N-dealkylation sites (tertiary alicyclic amines) is 1. The first-order chi connectivity index (χ1) is 9.24. The fraction of sp³-hybridized carbons (Fsp3) is 0.625. The number of halogens is 1. The minimum atomic E-state index is -0.0787. The molecule has 0 bridgehead atoms. The van der Waals surface area contributed by atoms with Crippen molar-refractivity contribution in [3.63, 3.8) is 0 Å². The molecular formula is C16H22ClNO. The minimum Gasteiger partial charge on any atom is -0.393 e. The monoisotopic (exact) mass is 279 g/mol. The van der Waals surface area contributed by atoms with E-state index >= 15 is 0 Å². The van der Waals surface area contributed by atoms with Crippen LogP contribution in [0.3, 0.4) is 0 Å². The molecule has 104 valence electrons. The van der Waals surface area contributed by atoms with Crippen LogP contribution in [0.1, 0.15) is 37.7 Å². The topological polar surface area (TPSA) is 23.5 Å². The molecule has 19 heavy (non-hydrogen) atoms. The molecule has 3 atom stereocenters. The summed E-state index contributed by atoms with van der Waals surface area (Å²) in [5, 5.41) is 10.9. The zero-order valence-electron chi connectivity index (χ0n) is 11.3. The average molecular weight is 280 g/mol. The Morgan fingerprint density at radius 1 is 1.21 bits per heavy atom. The lowest BCUT2D eigenvalue weighted by atomic mass is 9.94. The van der Waals surface area contributed by atoms with Gasteiger partial charge >= 0.3 is 0 Å². The van der Waals surface area contributed by atoms with E-state index in [9.17, 15) is 5.11 Å². The van der Waals surface area contributed by atoms with Gasteiger partial charge in [-0.05, 0) is 49.9 Å². The van der Waals surface area contributed by atoms with Gasteiger partial charge in [0.25, 0.3) is 0 Å². The minimum absolute atomic E-state index is 0.0787. The number of hydrogen-bond donors (Lipinski definition) is 1. The van der Waals surface area contributed by atoms with Gasteiger partial charge in [-0.3, -0.25) is 4.90 Å². The molecule has 0 spiro atoms. The molecule has 3 rings (SSSR count). The summed E-state index contributed by atoms with van der Waals surface area (Å²) in [5.41, 5.74) is 1.28. The van der Waals surface area contributed by atoms with Crippen molar-refractivity contribution >= 4 is 11.6 Å². The molecule has 1 saturated carbocycles. The number of nitrogens with zero attached hydrogens (tertiary/aromatic N) is 1. The van der Waals surface area contributed by atoms with Crippen molar-refractivity contribution in [2.24, 2.45) is 5.92 Å². The molecule has 1 aromatic carbocycles. The molecule has 3 unspecified atom stereocenters. The molecule has 0 radical (unpaired) electrons. The van der Waals surface area contributed by atoms with Crippen molar-refractivity contribution in [2.75, 3.05) is 6.54 Å². The molecule has 0 aromatic heterocycles. The summed E-state index contributed by atoms with van der Waals surface area (Å²) in [6.07, 6.45) is 5.79. The molecule has 2 fully saturated rings. The summed E-state index contributed by atoms with van der Waals surface area (Å²) in [4.78, 5) is 2.55. The largest absolute Gasteiger partial charge is 0.393 e. The maximum absolute atomic E-state index is 10.1. The van der Waals surface area contributed by atoms with Crippen LogP contribution in [0.4, 0.5) is 0 Å². The predicted octanol–water partition coefficient (Wildman–Crippen LogP) is 3.47. The standard InChI is InChI=1S/C16H22ClNO/c17-13-5-1-4-12(10-13)11-18-9-3-7-15(18)14-6-2-8-16(14)19/h1,4-5,10,14-16,19H,2-3,6-9,11H2. The first-order valence-corrected chi connectivity index (χ1v) is 7.78. The Balaban J connectivity index is 1.69. The summed E-state index contributed by atoms with van der Waals surface area (Å²) in [5.74, 6) is 0.488. The number of aliphatic hydroxyl groups excluding tert-OH is 1. The van der Waals surface area contributed by atoms with Crippen LogP contribution in [0, 0.1) is 5.92 Å². The molecule has 1 heterocycles. The summed E-state index contributed by atoms with van der Waals surface area (Å²) in [6, 6.07) is 8.71. The van der Waals surface area contributed by atoms with Gasteiger partial charge in [0.2, 0.25) is 0 Å². The van der Waals surface area contributed by atoms with Gasteiger partial charge in [0.1, 0.15) is 0 Å². The van der Waals surface area contributed by atoms with Gasteiger partial charge in [-0.25, -0.2) is 0 Å². The van der Waals surface area contributed by atoms with Crippen molar-refractivity contribution in [2.45, 2.75) is 50.8 Å². The van der Waals surface area contributed by atoms with E-state index in [1.165, 1.54) is 31.2 Å². The van der Waals surface area contributed by atoms with Crippen molar-refractivity contribution in [1.82, 2.24) is 4.90 Å². The molecule has 3 heteroatoms. The molecule has 1 aliphatic heterocycles. The van der Waals surface area contributed by atoms with Gasteiger partial charge in [-0.15, -0.1) is 0 Å². The number of rotatable bonds is 3. The van der Waals surface area contributed by atoms with E-state index in [4.69, 9.17) is 11.6 Å². The Morgan fingerprint density at radius 2 is 2.11 bits per heavy atom. The Hall–Kier alpha value is -0.570. The van der Waals surface area contributed by atoms with E-state index < -0.39 is 0 Å². The van der Waals surface area contributed by atoms with Gasteiger partial charge in [0.15, 0.2) is 0 Å². The van der Waals surface area contributed by atoms with Crippen LogP contribution in [-0.2, 0) is 6.54 Å². The summed E-state index contributed by atoms with van der Waals surface area (Å²) < 4.78 is 0. The molecule has 1 aliphatic carbocycles. The van der Waals surface area contributed by atoms with E-state index in [2.05, 4.69) is 17.0 Å². The van der Waals surface area contributed by atoms with E-state index in [0.29, 0.717) is 12.0 Å². The SMILES string of the molecule is OC1CCCC1C1CCCN1Cc1cccc(Cl)c1. The first-order valence-electron chi connectivity index (χ1n) is 7.40. The molecule has 1 saturated heterocycles. The highest BCUT2D eigenvalue weighted by Crippen LogP contribution is 2.36. The fourth-order valence-corrected chi connectivity index (χ4v) is 4.03. The van der Waals surface area contributed by atoms with Gasteiger partial charge in [-0.2, -0.15) is 0 Å². The van der Waals surface area contributed by atoms with Crippen LogP contribution in [0.5, 0.6) is 0 Å². The third-order valence-electron chi connectivity index (χ3n) is 4.71. The lowest BCUT2D eigenvalue weighted by Crippen LogP contribution is -2.38. The lowest BCUT2D eigenvalue weighted by molar-refractivity contribution is 0.0719. The number of hydrogen-bond acceptors (Lipinski definition) is 2. The van der Waals surface area contributed by atoms with Crippen LogP contribution < -0.4 is 0 Å². The highest BCUT2D eigenvalue weighted by Gasteiger charge is 2.37. The van der Waals surface area contributed by atoms with Gasteiger partial charge in [-0.1, -0.05) is 30.2 Å². The predicted molar refractivity (Wildman–Crippen MR) is 78.2 cm³/mol. The maximum atomic E-state index is 10.1. The summed E-state index contributed by atoms with van der Waals surface area (Å²) >= 11 is 6.06. The van der Waals surface area contributed by atoms with E-state index in [1.54, 1.807) is 0 Å². The fourth-order valence-electron chi connectivity index (χ4n) is 3.82. The van der Waals surface area contributed by atoms with Crippen LogP contribution in [0.15, 0.2) is 24.3 Å². The second-order valence-corrected chi connectivity index (χ2v) is 6.41. The molecule has 1 N–H and O–H groups in total. The third kappa shape index (κ3) is 2.96. The molecule has 0 amide bonds. The Bertz CT molecular complexity index is 437. The Labute approximate surface area is 120 Å². The average Bonchev–Trinajstić information content (AvgIpc) is 2.98. The number of aliphatic hydroxyl groups is 1. The second kappa shape index (κ2) is 5.82. The first kappa shape index (κ1) is 13.4. The quantitative estimate of drug-likeness (QED) is 0.916. The normalized spacial score (nSPS) is 32.0. The van der Waals surface area contributed by atoms with Crippen molar-refractivity contribution in [1.29, 1.82) is 0 Å². The molecule has 1 aromatic rings. The van der Waals surface area contributed by atoms with Crippen LogP contribution >= 0.6 is 11.6 Å². The highest BCUT2D eigenvalue weighted by molar-refractivity contribution is 6.30. The van der Waals surface area contributed by atoms with Crippen LogP contribution in [-0.4, -0.2) is 28.7 Å². The Morgan fingerprint density at radius 3 is 2.84 bits per heavy atom. The second-order valence-electron chi connectivity index (χ2n) is 5.97. The van der Waals surface area contributed by atoms with Crippen LogP contribution in [0.2, 0.25) is 5.02 Å². The van der Waals surface area contributed by atoms with Crippen molar-refractivity contribution < 1.29 is 5.11 Å². The Kier molecular flexibility index (Phi) is 4.11. The van der Waals surface area contributed by atoms with E-state index in [1.807, 2.05) is 12.1 Å². The van der Waals surface area contributed by atoms with Crippen molar-refractivity contribution in [3.05, 3.63) is 34.9 Å². The lowest BCUT2D eigenvalue weighted by Gasteiger charge is -2.31. The summed E-state index contributed by atoms with van der Waals surface area (Å²) in [6.45, 7) is 2.12. The highest BCUT2D eigenvalue weighted by atomic mass is 35.5. The zero-order chi connectivity index (χ0) is 13.2. The number of benzene rings is 1. The summed E-state index contributed by atoms with van der Waals surface area (Å²) in [7, 11) is 0. The van der Waals surface area contributed by atoms with Gasteiger partial charge < -0.3 is 5.11 Å². The zero-order valence-corrected chi connectivity index (χ0v) is 12.0. The van der Waals surface area contributed by atoms with E-state index in [0.717, 1.165) is 24.5 Å². The third-order valence-corrected chi connectivity index (χ3v) is 4.95. The van der Waals surface area contributed by atoms with Gasteiger partial charge in [0.05, 0.1) is 6.10 Å². The molecule has 2 aliphatic rings. The molecular weight excluding hydrogens is 258 g/mol. The maximum Gasteiger partial charge on any atom is 0.0583 e. The van der Waals surface area contributed by atoms with E-state index in [-0.39, 0.29) is 6.10 Å². The van der Waals surface area contributed by atoms with Crippen molar-refractivity contribution in [3.8, 4) is 0 Å².